The smallest absolute Gasteiger partial charge is 0.179 e. The fourth-order valence-electron chi connectivity index (χ4n) is 2.85. The molecule has 0 N–H and O–H groups in total. The highest BCUT2D eigenvalue weighted by Crippen LogP contribution is 2.20. The van der Waals surface area contributed by atoms with Crippen LogP contribution in [0.5, 0.6) is 0 Å². The van der Waals surface area contributed by atoms with E-state index in [9.17, 15) is 13.6 Å². The van der Waals surface area contributed by atoms with Crippen molar-refractivity contribution in [2.24, 2.45) is 5.92 Å². The van der Waals surface area contributed by atoms with E-state index in [1.54, 1.807) is 0 Å². The number of likely N-dealkylation sites (tertiary alicyclic amines) is 1. The van der Waals surface area contributed by atoms with Crippen molar-refractivity contribution in [2.45, 2.75) is 13.0 Å². The number of ketones is 1. The maximum Gasteiger partial charge on any atom is 0.179 e. The van der Waals surface area contributed by atoms with Crippen LogP contribution in [0.4, 0.5) is 8.78 Å². The van der Waals surface area contributed by atoms with E-state index < -0.39 is 11.6 Å². The summed E-state index contributed by atoms with van der Waals surface area (Å²) in [7, 11) is 4.03. The van der Waals surface area contributed by atoms with Crippen LogP contribution in [0.3, 0.4) is 0 Å². The topological polar surface area (TPSA) is 23.6 Å². The van der Waals surface area contributed by atoms with Crippen molar-refractivity contribution in [3.05, 3.63) is 35.4 Å². The fraction of sp³-hybridized carbons (Fsp3) is 0.533. The van der Waals surface area contributed by atoms with Gasteiger partial charge in [0.2, 0.25) is 0 Å². The van der Waals surface area contributed by atoms with Crippen LogP contribution >= 0.6 is 0 Å². The van der Waals surface area contributed by atoms with E-state index in [-0.39, 0.29) is 17.9 Å². The molecule has 2 unspecified atom stereocenters. The van der Waals surface area contributed by atoms with Gasteiger partial charge in [-0.1, -0.05) is 6.92 Å². The summed E-state index contributed by atoms with van der Waals surface area (Å²) in [6.07, 6.45) is 0. The van der Waals surface area contributed by atoms with Gasteiger partial charge in [0.1, 0.15) is 11.6 Å². The number of halogens is 2. The summed E-state index contributed by atoms with van der Waals surface area (Å²) < 4.78 is 26.7. The van der Waals surface area contributed by atoms with Gasteiger partial charge in [-0.2, -0.15) is 0 Å². The third kappa shape index (κ3) is 3.22. The average Bonchev–Trinajstić information content (AvgIpc) is 2.73. The monoisotopic (exact) mass is 282 g/mol. The Labute approximate surface area is 118 Å². The molecular weight excluding hydrogens is 262 g/mol. The van der Waals surface area contributed by atoms with Crippen LogP contribution in [0.1, 0.15) is 17.3 Å². The van der Waals surface area contributed by atoms with Crippen molar-refractivity contribution in [1.29, 1.82) is 0 Å². The van der Waals surface area contributed by atoms with Crippen LogP contribution in [-0.2, 0) is 0 Å². The zero-order valence-corrected chi connectivity index (χ0v) is 12.1. The van der Waals surface area contributed by atoms with Gasteiger partial charge in [-0.25, -0.2) is 8.78 Å². The highest BCUT2D eigenvalue weighted by molar-refractivity contribution is 5.97. The summed E-state index contributed by atoms with van der Waals surface area (Å²) >= 11 is 0. The van der Waals surface area contributed by atoms with E-state index in [1.165, 1.54) is 0 Å². The van der Waals surface area contributed by atoms with Crippen molar-refractivity contribution >= 4 is 5.78 Å². The molecule has 110 valence electrons. The molecule has 1 aliphatic heterocycles. The minimum atomic E-state index is -0.659. The Hall–Kier alpha value is -1.33. The summed E-state index contributed by atoms with van der Waals surface area (Å²) in [5, 5.41) is 0. The second-order valence-electron chi connectivity index (χ2n) is 5.75. The number of hydrogen-bond donors (Lipinski definition) is 0. The maximum atomic E-state index is 13.6. The van der Waals surface area contributed by atoms with Crippen LogP contribution < -0.4 is 0 Å². The normalized spacial score (nSPS) is 23.5. The van der Waals surface area contributed by atoms with E-state index in [0.717, 1.165) is 31.3 Å². The first kappa shape index (κ1) is 15.1. The Bertz CT molecular complexity index is 505. The molecule has 2 atom stereocenters. The van der Waals surface area contributed by atoms with Gasteiger partial charge in [0.25, 0.3) is 0 Å². The molecule has 0 aromatic heterocycles. The summed E-state index contributed by atoms with van der Waals surface area (Å²) in [4.78, 5) is 16.2. The number of hydrogen-bond acceptors (Lipinski definition) is 3. The molecule has 1 aromatic carbocycles. The van der Waals surface area contributed by atoms with Crippen molar-refractivity contribution in [3.8, 4) is 0 Å². The number of carbonyl (C=O) groups is 1. The lowest BCUT2D eigenvalue weighted by atomic mass is 10.1. The number of likely N-dealkylation sites (N-methyl/N-ethyl adjacent to an activating group) is 1. The Kier molecular flexibility index (Phi) is 4.50. The first-order valence-electron chi connectivity index (χ1n) is 6.75. The number of nitrogens with zero attached hydrogens (tertiary/aromatic N) is 2. The number of benzene rings is 1. The van der Waals surface area contributed by atoms with Crippen molar-refractivity contribution in [3.63, 3.8) is 0 Å². The number of rotatable bonds is 4. The molecule has 2 rings (SSSR count). The zero-order valence-electron chi connectivity index (χ0n) is 12.1. The van der Waals surface area contributed by atoms with Crippen LogP contribution in [0.2, 0.25) is 0 Å². The predicted octanol–water partition coefficient (Wildman–Crippen LogP) is 2.03. The van der Waals surface area contributed by atoms with E-state index in [4.69, 9.17) is 0 Å². The molecule has 0 aliphatic carbocycles. The Balaban J connectivity index is 2.04. The molecule has 0 saturated carbocycles. The van der Waals surface area contributed by atoms with Gasteiger partial charge in [0, 0.05) is 19.1 Å². The molecule has 0 bridgehead atoms. The molecule has 1 aromatic rings. The molecule has 1 fully saturated rings. The molecule has 20 heavy (non-hydrogen) atoms. The van der Waals surface area contributed by atoms with Gasteiger partial charge in [-0.3, -0.25) is 9.69 Å². The average molecular weight is 282 g/mol. The Morgan fingerprint density at radius 1 is 1.35 bits per heavy atom. The van der Waals surface area contributed by atoms with Gasteiger partial charge in [0.05, 0.1) is 12.1 Å². The van der Waals surface area contributed by atoms with E-state index in [1.807, 2.05) is 19.0 Å². The van der Waals surface area contributed by atoms with Crippen LogP contribution in [-0.4, -0.2) is 55.4 Å². The number of Topliss-reactive ketones (excluding diaryl/α,β-unsaturated/α-hetero) is 1. The van der Waals surface area contributed by atoms with Gasteiger partial charge >= 0.3 is 0 Å². The molecule has 1 heterocycles. The second kappa shape index (κ2) is 5.97. The summed E-state index contributed by atoms with van der Waals surface area (Å²) in [5.41, 5.74) is -0.161. The first-order chi connectivity index (χ1) is 9.38. The lowest BCUT2D eigenvalue weighted by molar-refractivity contribution is 0.0936. The van der Waals surface area contributed by atoms with Gasteiger partial charge in [-0.05, 0) is 38.2 Å². The SMILES string of the molecule is CC1CN(CC(=O)c2cc(F)ccc2F)CC1N(C)C. The van der Waals surface area contributed by atoms with Gasteiger partial charge in [-0.15, -0.1) is 0 Å². The Morgan fingerprint density at radius 2 is 2.05 bits per heavy atom. The first-order valence-corrected chi connectivity index (χ1v) is 6.75. The predicted molar refractivity (Wildman–Crippen MR) is 73.8 cm³/mol. The lowest BCUT2D eigenvalue weighted by Crippen LogP contribution is -2.35. The number of carbonyl (C=O) groups excluding carboxylic acids is 1. The minimum absolute atomic E-state index is 0.134. The van der Waals surface area contributed by atoms with Crippen molar-refractivity contribution in [1.82, 2.24) is 9.80 Å². The standard InChI is InChI=1S/C15H20F2N2O/c1-10-7-19(8-14(10)18(2)3)9-15(20)12-6-11(16)4-5-13(12)17/h4-6,10,14H,7-9H2,1-3H3. The molecule has 0 spiro atoms. The lowest BCUT2D eigenvalue weighted by Gasteiger charge is -2.22. The maximum absolute atomic E-state index is 13.6. The summed E-state index contributed by atoms with van der Waals surface area (Å²) in [6.45, 7) is 3.84. The quantitative estimate of drug-likeness (QED) is 0.790. The molecule has 5 heteroatoms. The van der Waals surface area contributed by atoms with Crippen LogP contribution in [0, 0.1) is 17.6 Å². The third-order valence-electron chi connectivity index (χ3n) is 3.91. The van der Waals surface area contributed by atoms with E-state index in [0.29, 0.717) is 12.0 Å². The van der Waals surface area contributed by atoms with Gasteiger partial charge < -0.3 is 4.90 Å². The largest absolute Gasteiger partial charge is 0.305 e. The van der Waals surface area contributed by atoms with Gasteiger partial charge in [0.15, 0.2) is 5.78 Å². The molecule has 1 saturated heterocycles. The molecular formula is C15H20F2N2O. The molecule has 1 aliphatic rings. The second-order valence-corrected chi connectivity index (χ2v) is 5.75. The Morgan fingerprint density at radius 3 is 2.65 bits per heavy atom. The highest BCUT2D eigenvalue weighted by atomic mass is 19.1. The van der Waals surface area contributed by atoms with E-state index >= 15 is 0 Å². The molecule has 3 nitrogen and oxygen atoms in total. The summed E-state index contributed by atoms with van der Waals surface area (Å²) in [5.74, 6) is -1.16. The third-order valence-corrected chi connectivity index (χ3v) is 3.91. The molecule has 0 radical (unpaired) electrons. The molecule has 0 amide bonds. The fourth-order valence-corrected chi connectivity index (χ4v) is 2.85. The van der Waals surface area contributed by atoms with Crippen LogP contribution in [0.15, 0.2) is 18.2 Å². The minimum Gasteiger partial charge on any atom is -0.305 e. The van der Waals surface area contributed by atoms with Crippen molar-refractivity contribution < 1.29 is 13.6 Å². The zero-order chi connectivity index (χ0) is 14.9. The summed E-state index contributed by atoms with van der Waals surface area (Å²) in [6, 6.07) is 3.38. The highest BCUT2D eigenvalue weighted by Gasteiger charge is 2.32. The van der Waals surface area contributed by atoms with Crippen LogP contribution in [0.25, 0.3) is 0 Å². The van der Waals surface area contributed by atoms with Crippen molar-refractivity contribution in [2.75, 3.05) is 33.7 Å². The van der Waals surface area contributed by atoms with E-state index in [2.05, 4.69) is 11.8 Å².